The Morgan fingerprint density at radius 1 is 1.19 bits per heavy atom. The minimum Gasteiger partial charge on any atom is -0.302 e. The van der Waals surface area contributed by atoms with Gasteiger partial charge in [0.1, 0.15) is 0 Å². The molecule has 0 atom stereocenters. The second-order valence-corrected chi connectivity index (χ2v) is 7.65. The fourth-order valence-corrected chi connectivity index (χ4v) is 3.88. The molecule has 1 aromatic carbocycles. The highest BCUT2D eigenvalue weighted by molar-refractivity contribution is 7.99. The van der Waals surface area contributed by atoms with Crippen molar-refractivity contribution >= 4 is 46.5 Å². The molecule has 3 aromatic rings. The molecule has 27 heavy (non-hydrogen) atoms. The van der Waals surface area contributed by atoms with E-state index in [0.717, 1.165) is 10.7 Å². The quantitative estimate of drug-likeness (QED) is 0.471. The molecule has 7 nitrogen and oxygen atoms in total. The second-order valence-electron chi connectivity index (χ2n) is 5.33. The minimum atomic E-state index is -0.415. The Bertz CT molecular complexity index is 925. The first-order valence-electron chi connectivity index (χ1n) is 8.03. The predicted molar refractivity (Wildman–Crippen MR) is 107 cm³/mol. The van der Waals surface area contributed by atoms with Crippen molar-refractivity contribution in [3.8, 4) is 10.7 Å². The number of nitrogens with zero attached hydrogens (tertiary/aromatic N) is 3. The van der Waals surface area contributed by atoms with Crippen LogP contribution in [0.25, 0.3) is 10.7 Å². The lowest BCUT2D eigenvalue weighted by Crippen LogP contribution is -2.42. The monoisotopic (exact) mass is 421 g/mol. The molecule has 0 radical (unpaired) electrons. The Morgan fingerprint density at radius 2 is 1.96 bits per heavy atom. The first kappa shape index (κ1) is 19.4. The number of aromatic nitrogens is 3. The number of hydrogen-bond donors (Lipinski definition) is 2. The first-order valence-corrected chi connectivity index (χ1v) is 10.3. The summed E-state index contributed by atoms with van der Waals surface area (Å²) in [5.74, 6) is 0.127. The van der Waals surface area contributed by atoms with Gasteiger partial charge >= 0.3 is 0 Å². The summed E-state index contributed by atoms with van der Waals surface area (Å²) in [4.78, 5) is 25.0. The number of halogens is 1. The van der Waals surface area contributed by atoms with Gasteiger partial charge in [-0.25, -0.2) is 0 Å². The number of thiophene rings is 1. The zero-order valence-corrected chi connectivity index (χ0v) is 16.7. The lowest BCUT2D eigenvalue weighted by Gasteiger charge is -2.08. The van der Waals surface area contributed by atoms with Crippen LogP contribution in [0.4, 0.5) is 0 Å². The van der Waals surface area contributed by atoms with Gasteiger partial charge in [-0.1, -0.05) is 29.4 Å². The molecule has 0 spiro atoms. The summed E-state index contributed by atoms with van der Waals surface area (Å²) in [7, 11) is 0. The lowest BCUT2D eigenvalue weighted by atomic mass is 10.2. The maximum atomic E-state index is 12.0. The summed E-state index contributed by atoms with van der Waals surface area (Å²) < 4.78 is 1.95. The normalized spacial score (nSPS) is 10.6. The van der Waals surface area contributed by atoms with Crippen molar-refractivity contribution in [2.45, 2.75) is 18.6 Å². The van der Waals surface area contributed by atoms with Crippen LogP contribution in [0.2, 0.25) is 5.02 Å². The maximum Gasteiger partial charge on any atom is 0.269 e. The number of hydrogen-bond acceptors (Lipinski definition) is 6. The van der Waals surface area contributed by atoms with E-state index in [1.807, 2.05) is 29.0 Å². The van der Waals surface area contributed by atoms with Crippen LogP contribution in [0, 0.1) is 0 Å². The molecule has 0 saturated carbocycles. The Labute approximate surface area is 169 Å². The Kier molecular flexibility index (Phi) is 6.49. The van der Waals surface area contributed by atoms with Crippen molar-refractivity contribution in [2.75, 3.05) is 5.75 Å². The minimum absolute atomic E-state index is 0.101. The molecule has 3 rings (SSSR count). The Morgan fingerprint density at radius 3 is 2.63 bits per heavy atom. The third-order valence-corrected chi connectivity index (χ3v) is 5.61. The standard InChI is InChI=1S/C17H16ClN5O2S2/c1-2-23-15(13-4-3-9-26-13)20-22-17(23)27-10-14(24)19-21-16(25)11-5-7-12(18)8-6-11/h3-9H,2,10H2,1H3,(H,19,24)(H,21,25). The number of nitrogens with one attached hydrogen (secondary N) is 2. The molecule has 0 unspecified atom stereocenters. The molecule has 0 fully saturated rings. The molecule has 0 aliphatic rings. The van der Waals surface area contributed by atoms with Crippen LogP contribution in [-0.2, 0) is 11.3 Å². The third kappa shape index (κ3) is 4.88. The van der Waals surface area contributed by atoms with Crippen molar-refractivity contribution < 1.29 is 9.59 Å². The van der Waals surface area contributed by atoms with Crippen molar-refractivity contribution in [3.05, 3.63) is 52.4 Å². The zero-order chi connectivity index (χ0) is 19.2. The number of thioether (sulfide) groups is 1. The van der Waals surface area contributed by atoms with E-state index < -0.39 is 5.91 Å². The van der Waals surface area contributed by atoms with Crippen molar-refractivity contribution in [1.82, 2.24) is 25.6 Å². The molecular formula is C17H16ClN5O2S2. The van der Waals surface area contributed by atoms with Gasteiger partial charge in [0.05, 0.1) is 10.6 Å². The number of rotatable bonds is 6. The van der Waals surface area contributed by atoms with E-state index in [-0.39, 0.29) is 11.7 Å². The number of amides is 2. The molecule has 0 aliphatic heterocycles. The highest BCUT2D eigenvalue weighted by Crippen LogP contribution is 2.26. The van der Waals surface area contributed by atoms with Crippen LogP contribution in [0.5, 0.6) is 0 Å². The zero-order valence-electron chi connectivity index (χ0n) is 14.3. The van der Waals surface area contributed by atoms with Gasteiger partial charge in [-0.15, -0.1) is 21.5 Å². The van der Waals surface area contributed by atoms with Crippen LogP contribution < -0.4 is 10.9 Å². The van der Waals surface area contributed by atoms with E-state index in [1.165, 1.54) is 11.8 Å². The van der Waals surface area contributed by atoms with Gasteiger partial charge in [-0.2, -0.15) is 0 Å². The van der Waals surface area contributed by atoms with E-state index in [4.69, 9.17) is 11.6 Å². The molecule has 2 heterocycles. The summed E-state index contributed by atoms with van der Waals surface area (Å²) >= 11 is 8.63. The smallest absolute Gasteiger partial charge is 0.269 e. The lowest BCUT2D eigenvalue weighted by molar-refractivity contribution is -0.119. The van der Waals surface area contributed by atoms with Crippen LogP contribution in [-0.4, -0.2) is 32.3 Å². The summed E-state index contributed by atoms with van der Waals surface area (Å²) in [6, 6.07) is 10.3. The fraction of sp³-hybridized carbons (Fsp3) is 0.176. The molecule has 0 bridgehead atoms. The van der Waals surface area contributed by atoms with Crippen molar-refractivity contribution in [2.24, 2.45) is 0 Å². The topological polar surface area (TPSA) is 88.9 Å². The summed E-state index contributed by atoms with van der Waals surface area (Å²) in [6.45, 7) is 2.69. The SMILES string of the molecule is CCn1c(SCC(=O)NNC(=O)c2ccc(Cl)cc2)nnc1-c1cccs1. The summed E-state index contributed by atoms with van der Waals surface area (Å²) in [6.07, 6.45) is 0. The molecular weight excluding hydrogens is 406 g/mol. The molecule has 0 saturated heterocycles. The highest BCUT2D eigenvalue weighted by Gasteiger charge is 2.15. The molecule has 10 heteroatoms. The van der Waals surface area contributed by atoms with Gasteiger partial charge in [-0.05, 0) is 42.6 Å². The number of carbonyl (C=O) groups excluding carboxylic acids is 2. The predicted octanol–water partition coefficient (Wildman–Crippen LogP) is 3.23. The molecule has 2 aromatic heterocycles. The summed E-state index contributed by atoms with van der Waals surface area (Å²) in [5.41, 5.74) is 5.17. The summed E-state index contributed by atoms with van der Waals surface area (Å²) in [5, 5.41) is 11.6. The largest absolute Gasteiger partial charge is 0.302 e. The van der Waals surface area contributed by atoms with Gasteiger partial charge in [0.25, 0.3) is 5.91 Å². The molecule has 2 N–H and O–H groups in total. The van der Waals surface area contributed by atoms with E-state index in [9.17, 15) is 9.59 Å². The first-order chi connectivity index (χ1) is 13.1. The molecule has 0 aliphatic carbocycles. The van der Waals surface area contributed by atoms with Crippen molar-refractivity contribution in [3.63, 3.8) is 0 Å². The number of benzene rings is 1. The van der Waals surface area contributed by atoms with Gasteiger partial charge in [0, 0.05) is 17.1 Å². The van der Waals surface area contributed by atoms with Gasteiger partial charge < -0.3 is 4.57 Å². The highest BCUT2D eigenvalue weighted by atomic mass is 35.5. The Balaban J connectivity index is 1.53. The average Bonchev–Trinajstić information content (AvgIpc) is 3.33. The fourth-order valence-electron chi connectivity index (χ4n) is 2.23. The average molecular weight is 422 g/mol. The second kappa shape index (κ2) is 9.03. The Hall–Kier alpha value is -2.36. The van der Waals surface area contributed by atoms with Gasteiger partial charge in [0.2, 0.25) is 5.91 Å². The maximum absolute atomic E-state index is 12.0. The van der Waals surface area contributed by atoms with Crippen LogP contribution in [0.3, 0.4) is 0 Å². The molecule has 140 valence electrons. The van der Waals surface area contributed by atoms with E-state index in [1.54, 1.807) is 35.6 Å². The number of hydrazine groups is 1. The van der Waals surface area contributed by atoms with E-state index in [0.29, 0.717) is 22.3 Å². The van der Waals surface area contributed by atoms with Crippen LogP contribution in [0.15, 0.2) is 46.9 Å². The van der Waals surface area contributed by atoms with Crippen LogP contribution >= 0.6 is 34.7 Å². The van der Waals surface area contributed by atoms with Gasteiger partial charge in [-0.3, -0.25) is 20.4 Å². The number of carbonyl (C=O) groups is 2. The third-order valence-electron chi connectivity index (χ3n) is 3.53. The molecule has 2 amide bonds. The van der Waals surface area contributed by atoms with Crippen LogP contribution in [0.1, 0.15) is 17.3 Å². The van der Waals surface area contributed by atoms with Crippen molar-refractivity contribution in [1.29, 1.82) is 0 Å². The van der Waals surface area contributed by atoms with E-state index >= 15 is 0 Å². The van der Waals surface area contributed by atoms with Gasteiger partial charge in [0.15, 0.2) is 11.0 Å². The van der Waals surface area contributed by atoms with E-state index in [2.05, 4.69) is 21.0 Å².